The Hall–Kier alpha value is -2.37. The van der Waals surface area contributed by atoms with Crippen LogP contribution < -0.4 is 5.32 Å². The first kappa shape index (κ1) is 10.2. The molecular formula is C10H8N2O4. The fourth-order valence-corrected chi connectivity index (χ4v) is 1.36. The third-order valence-corrected chi connectivity index (χ3v) is 2.05. The van der Waals surface area contributed by atoms with E-state index in [1.165, 1.54) is 18.2 Å². The van der Waals surface area contributed by atoms with Crippen LogP contribution in [-0.2, 0) is 9.53 Å². The number of carbonyl (C=O) groups excluding carboxylic acids is 1. The number of anilines is 1. The van der Waals surface area contributed by atoms with Gasteiger partial charge in [-0.1, -0.05) is 12.1 Å². The van der Waals surface area contributed by atoms with Crippen LogP contribution in [-0.4, -0.2) is 17.1 Å². The van der Waals surface area contributed by atoms with Gasteiger partial charge in [0.25, 0.3) is 5.69 Å². The van der Waals surface area contributed by atoms with Gasteiger partial charge in [-0.2, -0.15) is 0 Å². The second kappa shape index (κ2) is 4.01. The van der Waals surface area contributed by atoms with Crippen molar-refractivity contribution in [1.82, 2.24) is 0 Å². The van der Waals surface area contributed by atoms with E-state index in [-0.39, 0.29) is 5.69 Å². The highest BCUT2D eigenvalue weighted by atomic mass is 16.6. The number of cyclic esters (lactones) is 1. The molecule has 1 atom stereocenters. The molecule has 0 bridgehead atoms. The molecule has 0 radical (unpaired) electrons. The number of nitrogens with one attached hydrogen (secondary N) is 1. The van der Waals surface area contributed by atoms with Crippen molar-refractivity contribution in [2.45, 2.75) is 6.23 Å². The van der Waals surface area contributed by atoms with Gasteiger partial charge in [-0.15, -0.1) is 0 Å². The van der Waals surface area contributed by atoms with Crippen LogP contribution in [0.4, 0.5) is 11.4 Å². The molecule has 1 heterocycles. The van der Waals surface area contributed by atoms with Crippen molar-refractivity contribution in [2.24, 2.45) is 0 Å². The highest BCUT2D eigenvalue weighted by Crippen LogP contribution is 2.24. The molecule has 1 unspecified atom stereocenters. The molecule has 16 heavy (non-hydrogen) atoms. The number of esters is 1. The molecule has 1 aromatic rings. The van der Waals surface area contributed by atoms with Crippen molar-refractivity contribution < 1.29 is 14.5 Å². The molecule has 0 fully saturated rings. The van der Waals surface area contributed by atoms with Crippen molar-refractivity contribution in [3.8, 4) is 0 Å². The Bertz CT molecular complexity index is 470. The van der Waals surface area contributed by atoms with E-state index in [2.05, 4.69) is 5.32 Å². The normalized spacial score (nSPS) is 18.2. The number of nitrogens with zero attached hydrogens (tertiary/aromatic N) is 1. The van der Waals surface area contributed by atoms with Gasteiger partial charge in [-0.3, -0.25) is 10.1 Å². The molecule has 82 valence electrons. The van der Waals surface area contributed by atoms with Gasteiger partial charge in [0.2, 0.25) is 0 Å². The van der Waals surface area contributed by atoms with E-state index in [1.54, 1.807) is 18.2 Å². The first-order valence-electron chi connectivity index (χ1n) is 4.55. The van der Waals surface area contributed by atoms with Gasteiger partial charge >= 0.3 is 5.97 Å². The molecule has 2 rings (SSSR count). The molecule has 0 saturated heterocycles. The molecule has 6 heteroatoms. The van der Waals surface area contributed by atoms with E-state index in [1.807, 2.05) is 0 Å². The molecule has 6 nitrogen and oxygen atoms in total. The quantitative estimate of drug-likeness (QED) is 0.473. The number of rotatable bonds is 3. The summed E-state index contributed by atoms with van der Waals surface area (Å²) in [6.07, 6.45) is 2.12. The number of para-hydroxylation sites is 2. The van der Waals surface area contributed by atoms with E-state index in [0.29, 0.717) is 5.69 Å². The maximum absolute atomic E-state index is 10.8. The SMILES string of the molecule is O=C1C=CC(Nc2ccccc2[N+](=O)[O-])O1. The maximum atomic E-state index is 10.8. The van der Waals surface area contributed by atoms with Gasteiger partial charge in [-0.05, 0) is 12.1 Å². The van der Waals surface area contributed by atoms with Gasteiger partial charge in [0.05, 0.1) is 4.92 Å². The van der Waals surface area contributed by atoms with Crippen molar-refractivity contribution in [3.05, 3.63) is 46.5 Å². The number of nitro groups is 1. The predicted octanol–water partition coefficient (Wildman–Crippen LogP) is 1.45. The Kier molecular flexibility index (Phi) is 2.55. The highest BCUT2D eigenvalue weighted by Gasteiger charge is 2.20. The van der Waals surface area contributed by atoms with Crippen LogP contribution in [0.2, 0.25) is 0 Å². The molecule has 0 saturated carbocycles. The largest absolute Gasteiger partial charge is 0.435 e. The fourth-order valence-electron chi connectivity index (χ4n) is 1.36. The van der Waals surface area contributed by atoms with Crippen LogP contribution in [0.1, 0.15) is 0 Å². The number of hydrogen-bond acceptors (Lipinski definition) is 5. The van der Waals surface area contributed by atoms with E-state index in [9.17, 15) is 14.9 Å². The van der Waals surface area contributed by atoms with Crippen LogP contribution in [0.15, 0.2) is 36.4 Å². The molecule has 1 aromatic carbocycles. The van der Waals surface area contributed by atoms with Crippen molar-refractivity contribution in [1.29, 1.82) is 0 Å². The van der Waals surface area contributed by atoms with Crippen LogP contribution in [0.5, 0.6) is 0 Å². The van der Waals surface area contributed by atoms with Gasteiger partial charge < -0.3 is 10.1 Å². The monoisotopic (exact) mass is 220 g/mol. The zero-order valence-corrected chi connectivity index (χ0v) is 8.12. The van der Waals surface area contributed by atoms with Crippen molar-refractivity contribution in [3.63, 3.8) is 0 Å². The minimum Gasteiger partial charge on any atom is -0.435 e. The van der Waals surface area contributed by atoms with Crippen LogP contribution in [0.25, 0.3) is 0 Å². The second-order valence-electron chi connectivity index (χ2n) is 3.14. The molecule has 0 aliphatic carbocycles. The number of benzene rings is 1. The fraction of sp³-hybridized carbons (Fsp3) is 0.100. The summed E-state index contributed by atoms with van der Waals surface area (Å²) in [5.41, 5.74) is 0.260. The average Bonchev–Trinajstić information content (AvgIpc) is 2.64. The van der Waals surface area contributed by atoms with Gasteiger partial charge in [-0.25, -0.2) is 4.79 Å². The van der Waals surface area contributed by atoms with E-state index in [0.717, 1.165) is 0 Å². The highest BCUT2D eigenvalue weighted by molar-refractivity contribution is 5.85. The standard InChI is InChI=1S/C10H8N2O4/c13-10-6-5-9(16-10)11-7-3-1-2-4-8(7)12(14)15/h1-6,9,11H. The number of ether oxygens (including phenoxy) is 1. The second-order valence-corrected chi connectivity index (χ2v) is 3.14. The van der Waals surface area contributed by atoms with Gasteiger partial charge in [0, 0.05) is 12.1 Å². The third-order valence-electron chi connectivity index (χ3n) is 2.05. The van der Waals surface area contributed by atoms with Crippen LogP contribution >= 0.6 is 0 Å². The molecule has 0 amide bonds. The number of hydrogen-bond donors (Lipinski definition) is 1. The average molecular weight is 220 g/mol. The third kappa shape index (κ3) is 2.00. The van der Waals surface area contributed by atoms with E-state index in [4.69, 9.17) is 4.74 Å². The Morgan fingerprint density at radius 1 is 1.38 bits per heavy atom. The molecule has 1 aliphatic rings. The van der Waals surface area contributed by atoms with Crippen molar-refractivity contribution >= 4 is 17.3 Å². The zero-order chi connectivity index (χ0) is 11.5. The van der Waals surface area contributed by atoms with Gasteiger partial charge in [0.1, 0.15) is 5.69 Å². The summed E-state index contributed by atoms with van der Waals surface area (Å²) >= 11 is 0. The van der Waals surface area contributed by atoms with Gasteiger partial charge in [0.15, 0.2) is 6.23 Å². The summed E-state index contributed by atoms with van der Waals surface area (Å²) in [5.74, 6) is -0.462. The van der Waals surface area contributed by atoms with E-state index < -0.39 is 17.1 Å². The molecule has 0 spiro atoms. The lowest BCUT2D eigenvalue weighted by molar-refractivity contribution is -0.384. The van der Waals surface area contributed by atoms with Crippen LogP contribution in [0, 0.1) is 10.1 Å². The first-order valence-corrected chi connectivity index (χ1v) is 4.55. The molecule has 0 aromatic heterocycles. The topological polar surface area (TPSA) is 81.5 Å². The van der Waals surface area contributed by atoms with E-state index >= 15 is 0 Å². The number of carbonyl (C=O) groups is 1. The van der Waals surface area contributed by atoms with Crippen molar-refractivity contribution in [2.75, 3.05) is 5.32 Å². The lowest BCUT2D eigenvalue weighted by Crippen LogP contribution is -2.19. The Morgan fingerprint density at radius 3 is 2.75 bits per heavy atom. The minimum absolute atomic E-state index is 0.0566. The summed E-state index contributed by atoms with van der Waals surface area (Å²) in [6, 6.07) is 6.16. The minimum atomic E-state index is -0.645. The molecule has 1 N–H and O–H groups in total. The Balaban J connectivity index is 2.18. The summed E-state index contributed by atoms with van der Waals surface area (Å²) in [7, 11) is 0. The summed E-state index contributed by atoms with van der Waals surface area (Å²) in [4.78, 5) is 21.0. The maximum Gasteiger partial charge on any atom is 0.332 e. The smallest absolute Gasteiger partial charge is 0.332 e. The predicted molar refractivity (Wildman–Crippen MR) is 55.7 cm³/mol. The lowest BCUT2D eigenvalue weighted by atomic mass is 10.2. The summed E-state index contributed by atoms with van der Waals surface area (Å²) in [6.45, 7) is 0. The summed E-state index contributed by atoms with van der Waals surface area (Å²) < 4.78 is 4.82. The zero-order valence-electron chi connectivity index (χ0n) is 8.12. The van der Waals surface area contributed by atoms with Crippen LogP contribution in [0.3, 0.4) is 0 Å². The molecule has 1 aliphatic heterocycles. The summed E-state index contributed by atoms with van der Waals surface area (Å²) in [5, 5.41) is 13.4. The Morgan fingerprint density at radius 2 is 2.12 bits per heavy atom. The lowest BCUT2D eigenvalue weighted by Gasteiger charge is -2.11. The number of nitro benzene ring substituents is 1. The first-order chi connectivity index (χ1) is 7.66. The Labute approximate surface area is 90.7 Å². The molecular weight excluding hydrogens is 212 g/mol.